The van der Waals surface area contributed by atoms with Crippen LogP contribution in [0.25, 0.3) is 0 Å². The molecule has 0 amide bonds. The van der Waals surface area contributed by atoms with Crippen molar-refractivity contribution in [3.8, 4) is 0 Å². The lowest BCUT2D eigenvalue weighted by Crippen LogP contribution is -2.34. The van der Waals surface area contributed by atoms with Crippen LogP contribution in [-0.2, 0) is 10.5 Å². The van der Waals surface area contributed by atoms with Crippen molar-refractivity contribution in [2.45, 2.75) is 5.67 Å². The number of hydrogen-bond donors (Lipinski definition) is 2. The van der Waals surface area contributed by atoms with Gasteiger partial charge >= 0.3 is 5.97 Å². The third-order valence-electron chi connectivity index (χ3n) is 1.45. The van der Waals surface area contributed by atoms with Gasteiger partial charge in [-0.15, -0.1) is 0 Å². The molecule has 3 nitrogen and oxygen atoms in total. The van der Waals surface area contributed by atoms with E-state index < -0.39 is 54.0 Å². The molecule has 0 fully saturated rings. The second-order valence-electron chi connectivity index (χ2n) is 2.26. The van der Waals surface area contributed by atoms with Crippen molar-refractivity contribution in [3.05, 3.63) is 35.8 Å². The zero-order valence-electron chi connectivity index (χ0n) is 11.4. The zero-order valence-corrected chi connectivity index (χ0v) is 6.39. The first-order valence-corrected chi connectivity index (χ1v) is 3.29. The molecule has 1 aromatic carbocycles. The Hall–Kier alpha value is -1.42. The number of benzene rings is 1. The average Bonchev–Trinajstić information content (AvgIpc) is 2.33. The molecule has 0 spiro atoms. The van der Waals surface area contributed by atoms with Gasteiger partial charge in [-0.1, -0.05) is 30.2 Å². The fraction of sp³-hybridized carbons (Fsp3) is 0.222. The molecule has 70 valence electrons. The minimum absolute atomic E-state index is 0.764. The maximum Gasteiger partial charge on any atom is 0.348 e. The number of aliphatic carboxylic acids is 1. The summed E-state index contributed by atoms with van der Waals surface area (Å²) in [6, 6.07) is -4.45. The van der Waals surface area contributed by atoms with E-state index in [0.717, 1.165) is 0 Å². The van der Waals surface area contributed by atoms with E-state index in [0.29, 0.717) is 0 Å². The molecule has 4 heteroatoms. The van der Waals surface area contributed by atoms with E-state index in [4.69, 9.17) is 17.1 Å². The molecule has 0 saturated heterocycles. The van der Waals surface area contributed by atoms with Gasteiger partial charge in [0.05, 0.1) is 13.5 Å². The number of hydrogen-bond acceptors (Lipinski definition) is 2. The molecular weight excluding hydrogens is 175 g/mol. The molecule has 0 aliphatic heterocycles. The standard InChI is InChI=1S/C9H9FO3/c10-9(6-11,8(12)13)7-4-2-1-3-5-7/h1-5,11H,6H2,(H,12,13)/t9-/m0/s1/i1D,2D,3D,4D,5D. The fourth-order valence-electron chi connectivity index (χ4n) is 0.702. The van der Waals surface area contributed by atoms with E-state index in [2.05, 4.69) is 0 Å². The van der Waals surface area contributed by atoms with Gasteiger partial charge in [-0.25, -0.2) is 9.18 Å². The largest absolute Gasteiger partial charge is 0.479 e. The monoisotopic (exact) mass is 189 g/mol. The van der Waals surface area contributed by atoms with Gasteiger partial charge in [0.15, 0.2) is 0 Å². The summed E-state index contributed by atoms with van der Waals surface area (Å²) in [6.45, 7) is -1.53. The summed E-state index contributed by atoms with van der Waals surface area (Å²) >= 11 is 0. The fourth-order valence-corrected chi connectivity index (χ4v) is 0.702. The zero-order chi connectivity index (χ0) is 14.2. The van der Waals surface area contributed by atoms with Crippen molar-refractivity contribution < 1.29 is 26.3 Å². The third-order valence-corrected chi connectivity index (χ3v) is 1.45. The Morgan fingerprint density at radius 3 is 2.46 bits per heavy atom. The Morgan fingerprint density at radius 1 is 1.54 bits per heavy atom. The van der Waals surface area contributed by atoms with Crippen molar-refractivity contribution in [2.24, 2.45) is 0 Å². The number of carbonyl (C=O) groups is 1. The van der Waals surface area contributed by atoms with Crippen LogP contribution in [0.15, 0.2) is 30.2 Å². The first-order chi connectivity index (χ1) is 8.18. The topological polar surface area (TPSA) is 57.5 Å². The molecular formula is C9H9FO3. The van der Waals surface area contributed by atoms with E-state index in [1.165, 1.54) is 0 Å². The lowest BCUT2D eigenvalue weighted by molar-refractivity contribution is -0.154. The van der Waals surface area contributed by atoms with E-state index >= 15 is 0 Å². The molecule has 1 aromatic rings. The smallest absolute Gasteiger partial charge is 0.348 e. The molecule has 2 N–H and O–H groups in total. The quantitative estimate of drug-likeness (QED) is 0.743. The summed E-state index contributed by atoms with van der Waals surface area (Å²) in [7, 11) is 0. The van der Waals surface area contributed by atoms with E-state index in [-0.39, 0.29) is 0 Å². The molecule has 1 atom stereocenters. The Labute approximate surface area is 81.5 Å². The van der Waals surface area contributed by atoms with Crippen molar-refractivity contribution >= 4 is 5.97 Å². The van der Waals surface area contributed by atoms with Gasteiger partial charge in [-0.3, -0.25) is 0 Å². The van der Waals surface area contributed by atoms with Gasteiger partial charge in [0.1, 0.15) is 0 Å². The Balaban J connectivity index is 3.75. The molecule has 0 bridgehead atoms. The van der Waals surface area contributed by atoms with E-state index in [1.807, 2.05) is 0 Å². The summed E-state index contributed by atoms with van der Waals surface area (Å²) in [5, 5.41) is 17.5. The van der Waals surface area contributed by atoms with Gasteiger partial charge in [0.25, 0.3) is 5.67 Å². The lowest BCUT2D eigenvalue weighted by Gasteiger charge is -2.17. The van der Waals surface area contributed by atoms with Crippen LogP contribution in [0, 0.1) is 0 Å². The molecule has 0 aliphatic rings. The van der Waals surface area contributed by atoms with Crippen LogP contribution in [0.1, 0.15) is 12.4 Å². The van der Waals surface area contributed by atoms with Crippen LogP contribution in [0.5, 0.6) is 0 Å². The first kappa shape index (κ1) is 4.72. The Morgan fingerprint density at radius 2 is 2.08 bits per heavy atom. The van der Waals surface area contributed by atoms with Crippen LogP contribution in [0.3, 0.4) is 0 Å². The number of alkyl halides is 1. The second kappa shape index (κ2) is 3.53. The summed E-state index contributed by atoms with van der Waals surface area (Å²) in [5.74, 6) is -2.12. The summed E-state index contributed by atoms with van der Waals surface area (Å²) < 4.78 is 50.7. The molecule has 0 saturated carbocycles. The summed E-state index contributed by atoms with van der Waals surface area (Å²) in [4.78, 5) is 10.8. The van der Waals surface area contributed by atoms with Crippen LogP contribution >= 0.6 is 0 Å². The summed E-state index contributed by atoms with van der Waals surface area (Å²) in [5.41, 5.74) is -4.52. The van der Waals surface area contributed by atoms with E-state index in [9.17, 15) is 9.18 Å². The molecule has 13 heavy (non-hydrogen) atoms. The minimum atomic E-state index is -3.44. The maximum atomic E-state index is 14.1. The SMILES string of the molecule is [2H]c1c([2H])c([2H])c([C@@](F)(CO)C(=O)O)c([2H])c1[2H]. The average molecular weight is 189 g/mol. The van der Waals surface area contributed by atoms with Crippen LogP contribution in [0.2, 0.25) is 0 Å². The van der Waals surface area contributed by atoms with Crippen LogP contribution in [0.4, 0.5) is 4.39 Å². The lowest BCUT2D eigenvalue weighted by atomic mass is 9.97. The highest BCUT2D eigenvalue weighted by Crippen LogP contribution is 2.25. The summed E-state index contributed by atoms with van der Waals surface area (Å²) in [6.07, 6.45) is 0. The number of aliphatic hydroxyl groups is 1. The highest BCUT2D eigenvalue weighted by Gasteiger charge is 2.39. The highest BCUT2D eigenvalue weighted by molar-refractivity contribution is 5.79. The van der Waals surface area contributed by atoms with Crippen molar-refractivity contribution in [2.75, 3.05) is 6.61 Å². The van der Waals surface area contributed by atoms with Crippen LogP contribution in [-0.4, -0.2) is 22.8 Å². The number of carboxylic acid groups (broad SMARTS) is 1. The third kappa shape index (κ3) is 1.67. The number of carboxylic acids is 1. The second-order valence-corrected chi connectivity index (χ2v) is 2.26. The van der Waals surface area contributed by atoms with Crippen molar-refractivity contribution in [1.82, 2.24) is 0 Å². The molecule has 1 rings (SSSR count). The number of aliphatic hydroxyl groups excluding tert-OH is 1. The number of rotatable bonds is 3. The Kier molecular flexibility index (Phi) is 1.28. The van der Waals surface area contributed by atoms with Gasteiger partial charge in [-0.05, 0) is 0 Å². The number of halogens is 1. The first-order valence-electron chi connectivity index (χ1n) is 5.79. The van der Waals surface area contributed by atoms with Gasteiger partial charge in [-0.2, -0.15) is 0 Å². The molecule has 0 radical (unpaired) electrons. The van der Waals surface area contributed by atoms with E-state index in [1.54, 1.807) is 0 Å². The van der Waals surface area contributed by atoms with Gasteiger partial charge in [0.2, 0.25) is 0 Å². The predicted molar refractivity (Wildman–Crippen MR) is 43.9 cm³/mol. The Bertz CT molecular complexity index is 492. The predicted octanol–water partition coefficient (Wildman–Crippen LogP) is 0.928. The molecule has 0 aromatic heterocycles. The van der Waals surface area contributed by atoms with Crippen molar-refractivity contribution in [3.63, 3.8) is 0 Å². The molecule has 0 unspecified atom stereocenters. The highest BCUT2D eigenvalue weighted by atomic mass is 19.1. The maximum absolute atomic E-state index is 14.1. The normalized spacial score (nSPS) is 20.3. The minimum Gasteiger partial charge on any atom is -0.479 e. The molecule has 0 aliphatic carbocycles. The molecule has 0 heterocycles. The van der Waals surface area contributed by atoms with Crippen molar-refractivity contribution in [1.29, 1.82) is 0 Å². The van der Waals surface area contributed by atoms with Gasteiger partial charge in [0, 0.05) is 5.56 Å². The van der Waals surface area contributed by atoms with Crippen LogP contribution < -0.4 is 0 Å². The van der Waals surface area contributed by atoms with Gasteiger partial charge < -0.3 is 10.2 Å².